The molecular formula is C19H25N5O. The van der Waals surface area contributed by atoms with Crippen LogP contribution in [0.1, 0.15) is 35.5 Å². The highest BCUT2D eigenvalue weighted by atomic mass is 16.5. The summed E-state index contributed by atoms with van der Waals surface area (Å²) in [5, 5.41) is 0. The third-order valence-electron chi connectivity index (χ3n) is 5.38. The predicted molar refractivity (Wildman–Crippen MR) is 97.3 cm³/mol. The van der Waals surface area contributed by atoms with Crippen LogP contribution in [-0.4, -0.2) is 44.2 Å². The summed E-state index contributed by atoms with van der Waals surface area (Å²) in [4.78, 5) is 15.4. The molecule has 3 heterocycles. The molecule has 0 unspecified atom stereocenters. The fourth-order valence-corrected chi connectivity index (χ4v) is 3.74. The SMILES string of the molecule is CO[C@@H]1C[C@@H](c2nc(C)c(C)[nH]2)N(Cc2nc3ccccc3n2C)C1. The normalized spacial score (nSPS) is 21.4. The predicted octanol–water partition coefficient (Wildman–Crippen LogP) is 2.88. The van der Waals surface area contributed by atoms with E-state index in [-0.39, 0.29) is 12.1 Å². The van der Waals surface area contributed by atoms with Crippen LogP contribution in [0.15, 0.2) is 24.3 Å². The van der Waals surface area contributed by atoms with Gasteiger partial charge in [-0.1, -0.05) is 12.1 Å². The number of hydrogen-bond donors (Lipinski definition) is 1. The van der Waals surface area contributed by atoms with Gasteiger partial charge in [-0.15, -0.1) is 0 Å². The number of aromatic nitrogens is 4. The Bertz CT molecular complexity index is 877. The van der Waals surface area contributed by atoms with Gasteiger partial charge in [-0.2, -0.15) is 0 Å². The first-order valence-electron chi connectivity index (χ1n) is 8.77. The first-order chi connectivity index (χ1) is 12.1. The van der Waals surface area contributed by atoms with Gasteiger partial charge in [0.1, 0.15) is 11.6 Å². The summed E-state index contributed by atoms with van der Waals surface area (Å²) in [6.45, 7) is 5.80. The van der Waals surface area contributed by atoms with Gasteiger partial charge in [-0.3, -0.25) is 4.90 Å². The van der Waals surface area contributed by atoms with E-state index in [9.17, 15) is 0 Å². The Labute approximate surface area is 147 Å². The highest BCUT2D eigenvalue weighted by molar-refractivity contribution is 5.75. The molecular weight excluding hydrogens is 314 g/mol. The number of imidazole rings is 2. The van der Waals surface area contributed by atoms with Gasteiger partial charge in [0, 0.05) is 26.4 Å². The highest BCUT2D eigenvalue weighted by Crippen LogP contribution is 2.33. The Balaban J connectivity index is 1.65. The molecule has 1 aliphatic heterocycles. The van der Waals surface area contributed by atoms with E-state index in [2.05, 4.69) is 46.6 Å². The molecule has 0 radical (unpaired) electrons. The molecule has 1 saturated heterocycles. The van der Waals surface area contributed by atoms with Crippen molar-refractivity contribution >= 4 is 11.0 Å². The second kappa shape index (κ2) is 6.28. The number of methoxy groups -OCH3 is 1. The number of aromatic amines is 1. The number of aryl methyl sites for hydroxylation is 3. The van der Waals surface area contributed by atoms with Crippen LogP contribution in [0, 0.1) is 13.8 Å². The minimum absolute atomic E-state index is 0.227. The van der Waals surface area contributed by atoms with E-state index in [1.165, 1.54) is 5.52 Å². The van der Waals surface area contributed by atoms with Crippen LogP contribution in [-0.2, 0) is 18.3 Å². The molecule has 1 N–H and O–H groups in total. The number of rotatable bonds is 4. The Kier molecular flexibility index (Phi) is 4.09. The molecule has 6 nitrogen and oxygen atoms in total. The quantitative estimate of drug-likeness (QED) is 0.794. The minimum atomic E-state index is 0.227. The maximum absolute atomic E-state index is 5.65. The Morgan fingerprint density at radius 2 is 2.04 bits per heavy atom. The standard InChI is InChI=1S/C19H25N5O/c1-12-13(2)21-19(20-12)17-9-14(25-4)10-24(17)11-18-22-15-7-5-6-8-16(15)23(18)3/h5-8,14,17H,9-11H2,1-4H3,(H,20,21)/t14-,17+/m1/s1. The van der Waals surface area contributed by atoms with Crippen LogP contribution in [0.25, 0.3) is 11.0 Å². The summed E-state index contributed by atoms with van der Waals surface area (Å²) in [6.07, 6.45) is 1.18. The molecule has 25 heavy (non-hydrogen) atoms. The van der Waals surface area contributed by atoms with Gasteiger partial charge in [0.2, 0.25) is 0 Å². The lowest BCUT2D eigenvalue weighted by atomic mass is 10.2. The number of H-pyrrole nitrogens is 1. The zero-order valence-corrected chi connectivity index (χ0v) is 15.3. The van der Waals surface area contributed by atoms with E-state index in [1.807, 2.05) is 13.0 Å². The number of fused-ring (bicyclic) bond motifs is 1. The molecule has 0 aliphatic carbocycles. The Morgan fingerprint density at radius 1 is 1.24 bits per heavy atom. The number of para-hydroxylation sites is 2. The Morgan fingerprint density at radius 3 is 2.72 bits per heavy atom. The molecule has 6 heteroatoms. The minimum Gasteiger partial charge on any atom is -0.380 e. The zero-order chi connectivity index (χ0) is 17.6. The third kappa shape index (κ3) is 2.85. The van der Waals surface area contributed by atoms with Crippen molar-refractivity contribution in [1.29, 1.82) is 0 Å². The van der Waals surface area contributed by atoms with Gasteiger partial charge in [0.25, 0.3) is 0 Å². The lowest BCUT2D eigenvalue weighted by molar-refractivity contribution is 0.107. The van der Waals surface area contributed by atoms with E-state index in [4.69, 9.17) is 14.7 Å². The smallest absolute Gasteiger partial charge is 0.124 e. The number of nitrogens with one attached hydrogen (secondary N) is 1. The van der Waals surface area contributed by atoms with E-state index in [0.717, 1.165) is 48.1 Å². The summed E-state index contributed by atoms with van der Waals surface area (Å²) in [6, 6.07) is 8.51. The van der Waals surface area contributed by atoms with Crippen LogP contribution in [0.2, 0.25) is 0 Å². The van der Waals surface area contributed by atoms with Crippen molar-refractivity contribution in [3.05, 3.63) is 47.3 Å². The maximum Gasteiger partial charge on any atom is 0.124 e. The van der Waals surface area contributed by atoms with Gasteiger partial charge in [0.05, 0.1) is 35.4 Å². The van der Waals surface area contributed by atoms with E-state index < -0.39 is 0 Å². The van der Waals surface area contributed by atoms with Gasteiger partial charge in [0.15, 0.2) is 0 Å². The molecule has 2 atom stereocenters. The lowest BCUT2D eigenvalue weighted by Crippen LogP contribution is -2.26. The van der Waals surface area contributed by atoms with E-state index in [0.29, 0.717) is 0 Å². The summed E-state index contributed by atoms with van der Waals surface area (Å²) in [5.74, 6) is 2.11. The summed E-state index contributed by atoms with van der Waals surface area (Å²) in [5.41, 5.74) is 4.42. The molecule has 0 saturated carbocycles. The average molecular weight is 339 g/mol. The van der Waals surface area contributed by atoms with Crippen molar-refractivity contribution in [2.75, 3.05) is 13.7 Å². The molecule has 1 aromatic carbocycles. The molecule has 1 fully saturated rings. The number of hydrogen-bond acceptors (Lipinski definition) is 4. The van der Waals surface area contributed by atoms with Crippen molar-refractivity contribution in [1.82, 2.24) is 24.4 Å². The van der Waals surface area contributed by atoms with Crippen LogP contribution in [0.3, 0.4) is 0 Å². The highest BCUT2D eigenvalue weighted by Gasteiger charge is 2.35. The van der Waals surface area contributed by atoms with Crippen LogP contribution < -0.4 is 0 Å². The summed E-state index contributed by atoms with van der Waals surface area (Å²) in [7, 11) is 3.88. The topological polar surface area (TPSA) is 59.0 Å². The molecule has 4 rings (SSSR count). The van der Waals surface area contributed by atoms with Crippen molar-refractivity contribution in [2.24, 2.45) is 7.05 Å². The molecule has 0 spiro atoms. The third-order valence-corrected chi connectivity index (χ3v) is 5.38. The molecule has 2 aromatic heterocycles. The lowest BCUT2D eigenvalue weighted by Gasteiger charge is -2.22. The van der Waals surface area contributed by atoms with Crippen LogP contribution in [0.5, 0.6) is 0 Å². The van der Waals surface area contributed by atoms with Gasteiger partial charge >= 0.3 is 0 Å². The van der Waals surface area contributed by atoms with Gasteiger partial charge < -0.3 is 14.3 Å². The van der Waals surface area contributed by atoms with Gasteiger partial charge in [-0.05, 0) is 32.4 Å². The first-order valence-corrected chi connectivity index (χ1v) is 8.77. The van der Waals surface area contributed by atoms with Crippen LogP contribution >= 0.6 is 0 Å². The summed E-state index contributed by atoms with van der Waals surface area (Å²) < 4.78 is 7.83. The van der Waals surface area contributed by atoms with Gasteiger partial charge in [-0.25, -0.2) is 9.97 Å². The van der Waals surface area contributed by atoms with Crippen molar-refractivity contribution in [2.45, 2.75) is 39.0 Å². The summed E-state index contributed by atoms with van der Waals surface area (Å²) >= 11 is 0. The average Bonchev–Trinajstić information content (AvgIpc) is 3.26. The molecule has 0 amide bonds. The molecule has 1 aliphatic rings. The van der Waals surface area contributed by atoms with Crippen molar-refractivity contribution < 1.29 is 4.74 Å². The molecule has 0 bridgehead atoms. The monoisotopic (exact) mass is 339 g/mol. The fourth-order valence-electron chi connectivity index (χ4n) is 3.74. The van der Waals surface area contributed by atoms with Crippen molar-refractivity contribution in [3.63, 3.8) is 0 Å². The number of benzene rings is 1. The maximum atomic E-state index is 5.65. The first kappa shape index (κ1) is 16.3. The number of ether oxygens (including phenoxy) is 1. The zero-order valence-electron chi connectivity index (χ0n) is 15.3. The van der Waals surface area contributed by atoms with E-state index in [1.54, 1.807) is 7.11 Å². The number of nitrogens with zero attached hydrogens (tertiary/aromatic N) is 4. The van der Waals surface area contributed by atoms with Crippen LogP contribution in [0.4, 0.5) is 0 Å². The fraction of sp³-hybridized carbons (Fsp3) is 0.474. The number of likely N-dealkylation sites (tertiary alicyclic amines) is 1. The second-order valence-corrected chi connectivity index (χ2v) is 6.95. The molecule has 132 valence electrons. The second-order valence-electron chi connectivity index (χ2n) is 6.95. The largest absolute Gasteiger partial charge is 0.380 e. The molecule has 3 aromatic rings. The van der Waals surface area contributed by atoms with E-state index >= 15 is 0 Å². The Hall–Kier alpha value is -2.18. The van der Waals surface area contributed by atoms with Crippen molar-refractivity contribution in [3.8, 4) is 0 Å².